The highest BCUT2D eigenvalue weighted by Crippen LogP contribution is 2.12. The van der Waals surface area contributed by atoms with Gasteiger partial charge < -0.3 is 15.3 Å². The van der Waals surface area contributed by atoms with Crippen molar-refractivity contribution in [3.63, 3.8) is 0 Å². The van der Waals surface area contributed by atoms with E-state index >= 15 is 0 Å². The molecule has 0 spiro atoms. The van der Waals surface area contributed by atoms with Crippen molar-refractivity contribution in [1.29, 1.82) is 0 Å². The monoisotopic (exact) mass is 229 g/mol. The highest BCUT2D eigenvalue weighted by atomic mass is 16.5. The summed E-state index contributed by atoms with van der Waals surface area (Å²) in [5.41, 5.74) is 4.78. The Morgan fingerprint density at radius 1 is 1.25 bits per heavy atom. The van der Waals surface area contributed by atoms with Crippen LogP contribution in [0.1, 0.15) is 46.0 Å². The molecule has 0 fully saturated rings. The molecule has 4 heteroatoms. The van der Waals surface area contributed by atoms with Crippen LogP contribution in [-0.4, -0.2) is 25.4 Å². The van der Waals surface area contributed by atoms with Crippen LogP contribution in [0.25, 0.3) is 0 Å². The molecule has 0 aromatic carbocycles. The summed E-state index contributed by atoms with van der Waals surface area (Å²) in [6.45, 7) is 4.36. The molecule has 0 amide bonds. The maximum atomic E-state index is 11.3. The maximum Gasteiger partial charge on any atom is 0.305 e. The number of unbranched alkanes of at least 4 members (excludes halogenated alkanes) is 3. The van der Waals surface area contributed by atoms with E-state index in [1.165, 1.54) is 0 Å². The molecule has 0 radical (unpaired) electrons. The summed E-state index contributed by atoms with van der Waals surface area (Å²) in [6.07, 6.45) is 5.14. The zero-order valence-corrected chi connectivity index (χ0v) is 10.3. The maximum absolute atomic E-state index is 11.3. The van der Waals surface area contributed by atoms with Crippen molar-refractivity contribution in [2.45, 2.75) is 46.0 Å². The van der Waals surface area contributed by atoms with E-state index in [-0.39, 0.29) is 12.6 Å². The topological polar surface area (TPSA) is 69.4 Å². The van der Waals surface area contributed by atoms with Gasteiger partial charge in [-0.2, -0.15) is 0 Å². The largest absolute Gasteiger partial charge is 0.465 e. The van der Waals surface area contributed by atoms with Crippen molar-refractivity contribution in [2.24, 2.45) is 11.1 Å². The van der Waals surface area contributed by atoms with E-state index in [4.69, 9.17) is 10.5 Å². The minimum Gasteiger partial charge on any atom is -0.465 e. The van der Waals surface area contributed by atoms with Crippen molar-refractivity contribution < 1.29 is 14.3 Å². The van der Waals surface area contributed by atoms with Gasteiger partial charge in [0.1, 0.15) is 12.9 Å². The van der Waals surface area contributed by atoms with E-state index < -0.39 is 5.41 Å². The summed E-state index contributed by atoms with van der Waals surface area (Å²) in [5.74, 6) is -0.220. The molecule has 0 aliphatic rings. The molecular weight excluding hydrogens is 206 g/mol. The number of hydrogen-bond donors (Lipinski definition) is 1. The van der Waals surface area contributed by atoms with E-state index in [1.807, 2.05) is 0 Å². The standard InChI is InChI=1S/C12H23NO3/c1-12(2,9-14)10-16-11(15)7-5-3-4-6-8-13/h9H,3-8,10,13H2,1-2H3. The Morgan fingerprint density at radius 3 is 2.44 bits per heavy atom. The summed E-state index contributed by atoms with van der Waals surface area (Å²) < 4.78 is 5.01. The van der Waals surface area contributed by atoms with Crippen LogP contribution in [0.2, 0.25) is 0 Å². The molecule has 16 heavy (non-hydrogen) atoms. The van der Waals surface area contributed by atoms with Crippen molar-refractivity contribution in [2.75, 3.05) is 13.2 Å². The lowest BCUT2D eigenvalue weighted by Crippen LogP contribution is -2.23. The van der Waals surface area contributed by atoms with Gasteiger partial charge in [-0.05, 0) is 33.2 Å². The van der Waals surface area contributed by atoms with Gasteiger partial charge in [-0.3, -0.25) is 4.79 Å². The third-order valence-electron chi connectivity index (χ3n) is 2.26. The van der Waals surface area contributed by atoms with E-state index in [0.717, 1.165) is 32.0 Å². The Labute approximate surface area is 97.5 Å². The molecule has 2 N–H and O–H groups in total. The second kappa shape index (κ2) is 8.28. The average Bonchev–Trinajstić information content (AvgIpc) is 2.26. The Bertz CT molecular complexity index is 214. The predicted octanol–water partition coefficient (Wildman–Crippen LogP) is 1.66. The number of carbonyl (C=O) groups excluding carboxylic acids is 2. The first-order valence-electron chi connectivity index (χ1n) is 5.84. The van der Waals surface area contributed by atoms with Gasteiger partial charge in [0.2, 0.25) is 0 Å². The zero-order chi connectivity index (χ0) is 12.4. The molecule has 0 rings (SSSR count). The first kappa shape index (κ1) is 15.1. The Morgan fingerprint density at radius 2 is 1.88 bits per heavy atom. The minimum absolute atomic E-state index is 0.165. The molecule has 0 aliphatic carbocycles. The third kappa shape index (κ3) is 8.41. The molecule has 4 nitrogen and oxygen atoms in total. The van der Waals surface area contributed by atoms with Crippen LogP contribution in [0.3, 0.4) is 0 Å². The van der Waals surface area contributed by atoms with E-state index in [9.17, 15) is 9.59 Å². The number of ether oxygens (including phenoxy) is 1. The molecule has 0 saturated heterocycles. The van der Waals surface area contributed by atoms with E-state index in [2.05, 4.69) is 0 Å². The van der Waals surface area contributed by atoms with Crippen LogP contribution in [0.5, 0.6) is 0 Å². The van der Waals surface area contributed by atoms with Gasteiger partial charge in [0, 0.05) is 6.42 Å². The minimum atomic E-state index is -0.574. The summed E-state index contributed by atoms with van der Waals surface area (Å²) in [7, 11) is 0. The van der Waals surface area contributed by atoms with Crippen LogP contribution >= 0.6 is 0 Å². The summed E-state index contributed by atoms with van der Waals surface area (Å²) >= 11 is 0. The average molecular weight is 229 g/mol. The number of aldehydes is 1. The molecule has 0 unspecified atom stereocenters. The van der Waals surface area contributed by atoms with Crippen molar-refractivity contribution in [3.05, 3.63) is 0 Å². The van der Waals surface area contributed by atoms with Gasteiger partial charge in [-0.15, -0.1) is 0 Å². The lowest BCUT2D eigenvalue weighted by atomic mass is 9.98. The highest BCUT2D eigenvalue weighted by Gasteiger charge is 2.18. The molecule has 0 aromatic heterocycles. The second-order valence-electron chi connectivity index (χ2n) is 4.72. The quantitative estimate of drug-likeness (QED) is 0.371. The van der Waals surface area contributed by atoms with Gasteiger partial charge in [-0.1, -0.05) is 12.8 Å². The van der Waals surface area contributed by atoms with Crippen LogP contribution in [0.15, 0.2) is 0 Å². The molecule has 0 aromatic rings. The fourth-order valence-corrected chi connectivity index (χ4v) is 1.14. The van der Waals surface area contributed by atoms with E-state index in [0.29, 0.717) is 13.0 Å². The number of hydrogen-bond acceptors (Lipinski definition) is 4. The van der Waals surface area contributed by atoms with Gasteiger partial charge >= 0.3 is 5.97 Å². The molecule has 94 valence electrons. The fourth-order valence-electron chi connectivity index (χ4n) is 1.14. The SMILES string of the molecule is CC(C)(C=O)COC(=O)CCCCCCN. The van der Waals surface area contributed by atoms with Gasteiger partial charge in [-0.25, -0.2) is 0 Å². The summed E-state index contributed by atoms with van der Waals surface area (Å²) in [6, 6.07) is 0. The second-order valence-corrected chi connectivity index (χ2v) is 4.72. The number of rotatable bonds is 9. The van der Waals surface area contributed by atoms with Gasteiger partial charge in [0.25, 0.3) is 0 Å². The molecule has 0 atom stereocenters. The smallest absolute Gasteiger partial charge is 0.305 e. The van der Waals surface area contributed by atoms with Crippen molar-refractivity contribution in [1.82, 2.24) is 0 Å². The predicted molar refractivity (Wildman–Crippen MR) is 62.9 cm³/mol. The first-order valence-corrected chi connectivity index (χ1v) is 5.84. The van der Waals surface area contributed by atoms with Crippen molar-refractivity contribution in [3.8, 4) is 0 Å². The molecule has 0 saturated carbocycles. The Kier molecular flexibility index (Phi) is 7.81. The van der Waals surface area contributed by atoms with Gasteiger partial charge in [0.15, 0.2) is 0 Å². The van der Waals surface area contributed by atoms with E-state index in [1.54, 1.807) is 13.8 Å². The van der Waals surface area contributed by atoms with Crippen LogP contribution in [0, 0.1) is 5.41 Å². The lowest BCUT2D eigenvalue weighted by molar-refractivity contribution is -0.147. The Hall–Kier alpha value is -0.900. The van der Waals surface area contributed by atoms with Crippen LogP contribution < -0.4 is 5.73 Å². The van der Waals surface area contributed by atoms with Crippen molar-refractivity contribution >= 4 is 12.3 Å². The zero-order valence-electron chi connectivity index (χ0n) is 10.3. The highest BCUT2D eigenvalue weighted by molar-refractivity contribution is 5.70. The Balaban J connectivity index is 3.48. The molecular formula is C12H23NO3. The number of nitrogens with two attached hydrogens (primary N) is 1. The molecule has 0 aliphatic heterocycles. The molecule has 0 heterocycles. The summed E-state index contributed by atoms with van der Waals surface area (Å²) in [4.78, 5) is 21.8. The summed E-state index contributed by atoms with van der Waals surface area (Å²) in [5, 5.41) is 0. The van der Waals surface area contributed by atoms with Crippen LogP contribution in [0.4, 0.5) is 0 Å². The lowest BCUT2D eigenvalue weighted by Gasteiger charge is -2.16. The number of carbonyl (C=O) groups is 2. The first-order chi connectivity index (χ1) is 7.52. The fraction of sp³-hybridized carbons (Fsp3) is 0.833. The number of esters is 1. The van der Waals surface area contributed by atoms with Crippen LogP contribution in [-0.2, 0) is 14.3 Å². The molecule has 0 bridgehead atoms. The third-order valence-corrected chi connectivity index (χ3v) is 2.26. The normalized spacial score (nSPS) is 11.2. The van der Waals surface area contributed by atoms with Gasteiger partial charge in [0.05, 0.1) is 5.41 Å².